The van der Waals surface area contributed by atoms with Crippen LogP contribution in [-0.4, -0.2) is 45.7 Å². The number of carbonyl (C=O) groups is 2. The number of nitrogens with zero attached hydrogens (tertiary/aromatic N) is 2. The fourth-order valence-corrected chi connectivity index (χ4v) is 1.94. The predicted molar refractivity (Wildman–Crippen MR) is 64.9 cm³/mol. The number of carbonyl (C=O) groups excluding carboxylic acids is 1. The van der Waals surface area contributed by atoms with Crippen LogP contribution in [0.4, 0.5) is 0 Å². The molecular weight excluding hydrogens is 250 g/mol. The van der Waals surface area contributed by atoms with E-state index >= 15 is 0 Å². The van der Waals surface area contributed by atoms with Gasteiger partial charge in [-0.05, 0) is 19.8 Å². The number of aromatic nitrogens is 2. The first-order valence-electron chi connectivity index (χ1n) is 6.04. The maximum atomic E-state index is 11.9. The normalized spacial score (nSPS) is 22.8. The Balaban J connectivity index is 1.97. The minimum absolute atomic E-state index is 0.0530. The van der Waals surface area contributed by atoms with Gasteiger partial charge in [0.05, 0.1) is 18.5 Å². The zero-order valence-corrected chi connectivity index (χ0v) is 10.5. The Kier molecular flexibility index (Phi) is 4.06. The molecule has 1 aliphatic rings. The van der Waals surface area contributed by atoms with Crippen molar-refractivity contribution in [2.75, 3.05) is 6.61 Å². The average Bonchev–Trinajstić information content (AvgIpc) is 2.39. The summed E-state index contributed by atoms with van der Waals surface area (Å²) in [6, 6.07) is 0.0530. The molecule has 0 aliphatic carbocycles. The van der Waals surface area contributed by atoms with Crippen molar-refractivity contribution in [1.82, 2.24) is 15.3 Å². The van der Waals surface area contributed by atoms with E-state index in [0.717, 1.165) is 19.0 Å². The van der Waals surface area contributed by atoms with Crippen molar-refractivity contribution in [2.24, 2.45) is 0 Å². The van der Waals surface area contributed by atoms with Gasteiger partial charge in [-0.3, -0.25) is 4.79 Å². The second-order valence-corrected chi connectivity index (χ2v) is 4.47. The number of carboxylic acid groups (broad SMARTS) is 1. The van der Waals surface area contributed by atoms with E-state index in [0.29, 0.717) is 6.61 Å². The van der Waals surface area contributed by atoms with Crippen molar-refractivity contribution in [1.29, 1.82) is 0 Å². The van der Waals surface area contributed by atoms with Crippen molar-refractivity contribution in [3.05, 3.63) is 23.8 Å². The molecule has 1 aromatic heterocycles. The zero-order chi connectivity index (χ0) is 13.8. The van der Waals surface area contributed by atoms with Gasteiger partial charge in [-0.1, -0.05) is 0 Å². The fourth-order valence-electron chi connectivity index (χ4n) is 1.94. The molecule has 1 aliphatic heterocycles. The highest BCUT2D eigenvalue weighted by Crippen LogP contribution is 2.13. The highest BCUT2D eigenvalue weighted by atomic mass is 16.5. The third-order valence-corrected chi connectivity index (χ3v) is 2.92. The molecule has 1 saturated heterocycles. The molecule has 7 nitrogen and oxygen atoms in total. The Morgan fingerprint density at radius 3 is 2.63 bits per heavy atom. The number of hydrogen-bond donors (Lipinski definition) is 2. The molecule has 1 amide bonds. The first kappa shape index (κ1) is 13.4. The second kappa shape index (κ2) is 5.75. The van der Waals surface area contributed by atoms with Crippen LogP contribution < -0.4 is 5.32 Å². The third kappa shape index (κ3) is 3.47. The van der Waals surface area contributed by atoms with E-state index in [9.17, 15) is 9.59 Å². The van der Waals surface area contributed by atoms with Crippen LogP contribution in [0, 0.1) is 0 Å². The van der Waals surface area contributed by atoms with Crippen LogP contribution in [0.5, 0.6) is 0 Å². The van der Waals surface area contributed by atoms with Crippen LogP contribution in [0.15, 0.2) is 12.4 Å². The second-order valence-electron chi connectivity index (χ2n) is 4.47. The van der Waals surface area contributed by atoms with E-state index in [4.69, 9.17) is 9.84 Å². The lowest BCUT2D eigenvalue weighted by Crippen LogP contribution is -2.41. The first-order valence-corrected chi connectivity index (χ1v) is 6.04. The van der Waals surface area contributed by atoms with E-state index < -0.39 is 5.97 Å². The van der Waals surface area contributed by atoms with Crippen molar-refractivity contribution in [3.8, 4) is 0 Å². The summed E-state index contributed by atoms with van der Waals surface area (Å²) in [7, 11) is 0. The molecule has 0 bridgehead atoms. The minimum Gasteiger partial charge on any atom is -0.476 e. The summed E-state index contributed by atoms with van der Waals surface area (Å²) in [5.74, 6) is -1.51. The summed E-state index contributed by atoms with van der Waals surface area (Å²) in [5.41, 5.74) is -0.0691. The van der Waals surface area contributed by atoms with E-state index in [2.05, 4.69) is 15.3 Å². The van der Waals surface area contributed by atoms with Crippen molar-refractivity contribution >= 4 is 11.9 Å². The van der Waals surface area contributed by atoms with Crippen LogP contribution >= 0.6 is 0 Å². The average molecular weight is 265 g/mol. The van der Waals surface area contributed by atoms with E-state index in [1.807, 2.05) is 6.92 Å². The van der Waals surface area contributed by atoms with Gasteiger partial charge in [0.15, 0.2) is 5.69 Å². The molecule has 0 radical (unpaired) electrons. The summed E-state index contributed by atoms with van der Waals surface area (Å²) in [5, 5.41) is 11.5. The summed E-state index contributed by atoms with van der Waals surface area (Å²) < 4.78 is 5.39. The van der Waals surface area contributed by atoms with Crippen LogP contribution in [-0.2, 0) is 4.74 Å². The van der Waals surface area contributed by atoms with Crippen LogP contribution in [0.1, 0.15) is 40.7 Å². The highest BCUT2D eigenvalue weighted by molar-refractivity contribution is 5.92. The van der Waals surface area contributed by atoms with Gasteiger partial charge in [0.2, 0.25) is 0 Å². The molecule has 19 heavy (non-hydrogen) atoms. The molecule has 2 atom stereocenters. The number of aromatic carboxylic acids is 1. The first-order chi connectivity index (χ1) is 9.06. The van der Waals surface area contributed by atoms with Crippen molar-refractivity contribution in [3.63, 3.8) is 0 Å². The van der Waals surface area contributed by atoms with E-state index in [1.54, 1.807) is 0 Å². The molecule has 2 N–H and O–H groups in total. The summed E-state index contributed by atoms with van der Waals surface area (Å²) >= 11 is 0. The van der Waals surface area contributed by atoms with E-state index in [-0.39, 0.29) is 29.4 Å². The van der Waals surface area contributed by atoms with Gasteiger partial charge in [-0.2, -0.15) is 0 Å². The number of carboxylic acids is 1. The Labute approximate surface area is 110 Å². The van der Waals surface area contributed by atoms with Crippen LogP contribution in [0.3, 0.4) is 0 Å². The Morgan fingerprint density at radius 1 is 1.37 bits per heavy atom. The molecule has 102 valence electrons. The van der Waals surface area contributed by atoms with Crippen LogP contribution in [0.2, 0.25) is 0 Å². The highest BCUT2D eigenvalue weighted by Gasteiger charge is 2.22. The summed E-state index contributed by atoms with van der Waals surface area (Å²) in [4.78, 5) is 30.0. The lowest BCUT2D eigenvalue weighted by atomic mass is 10.0. The predicted octanol–water partition coefficient (Wildman–Crippen LogP) is 0.472. The van der Waals surface area contributed by atoms with Gasteiger partial charge in [-0.15, -0.1) is 0 Å². The van der Waals surface area contributed by atoms with Crippen molar-refractivity contribution in [2.45, 2.75) is 31.9 Å². The van der Waals surface area contributed by atoms with Gasteiger partial charge in [0.1, 0.15) is 5.69 Å². The lowest BCUT2D eigenvalue weighted by molar-refractivity contribution is 0.0136. The summed E-state index contributed by atoms with van der Waals surface area (Å²) in [6.07, 6.45) is 3.88. The van der Waals surface area contributed by atoms with Gasteiger partial charge in [0.25, 0.3) is 5.91 Å². The molecule has 2 rings (SSSR count). The topological polar surface area (TPSA) is 101 Å². The number of amides is 1. The minimum atomic E-state index is -1.17. The van der Waals surface area contributed by atoms with E-state index in [1.165, 1.54) is 6.20 Å². The molecular formula is C12H15N3O4. The smallest absolute Gasteiger partial charge is 0.356 e. The lowest BCUT2D eigenvalue weighted by Gasteiger charge is -2.27. The van der Waals surface area contributed by atoms with Gasteiger partial charge < -0.3 is 15.2 Å². The van der Waals surface area contributed by atoms with Gasteiger partial charge in [0, 0.05) is 12.6 Å². The molecule has 2 heterocycles. The van der Waals surface area contributed by atoms with Gasteiger partial charge in [-0.25, -0.2) is 14.8 Å². The fraction of sp³-hybridized carbons (Fsp3) is 0.500. The molecule has 0 saturated carbocycles. The largest absolute Gasteiger partial charge is 0.476 e. The maximum absolute atomic E-state index is 11.9. The number of nitrogens with one attached hydrogen (secondary N) is 1. The molecule has 1 fully saturated rings. The Morgan fingerprint density at radius 2 is 2.05 bits per heavy atom. The quantitative estimate of drug-likeness (QED) is 0.823. The standard InChI is InChI=1S/C12H15N3O4/c1-7-4-8(2-3-19-7)15-11(16)9-5-14-10(6-13-9)12(17)18/h5-8H,2-4H2,1H3,(H,15,16)(H,17,18). The third-order valence-electron chi connectivity index (χ3n) is 2.92. The number of rotatable bonds is 3. The zero-order valence-electron chi connectivity index (χ0n) is 10.5. The maximum Gasteiger partial charge on any atom is 0.356 e. The number of hydrogen-bond acceptors (Lipinski definition) is 5. The summed E-state index contributed by atoms with van der Waals surface area (Å²) in [6.45, 7) is 2.58. The molecule has 7 heteroatoms. The SMILES string of the molecule is CC1CC(NC(=O)c2cnc(C(=O)O)cn2)CCO1. The molecule has 2 unspecified atom stereocenters. The van der Waals surface area contributed by atoms with Crippen molar-refractivity contribution < 1.29 is 19.4 Å². The Hall–Kier alpha value is -2.02. The molecule has 1 aromatic rings. The molecule has 0 aromatic carbocycles. The van der Waals surface area contributed by atoms with Gasteiger partial charge >= 0.3 is 5.97 Å². The monoisotopic (exact) mass is 265 g/mol. The Bertz CT molecular complexity index is 474. The molecule has 0 spiro atoms. The van der Waals surface area contributed by atoms with Crippen LogP contribution in [0.25, 0.3) is 0 Å². The number of ether oxygens (including phenoxy) is 1.